The molecule has 1 aliphatic rings. The summed E-state index contributed by atoms with van der Waals surface area (Å²) < 4.78 is 0. The molecule has 0 spiro atoms. The van der Waals surface area contributed by atoms with Gasteiger partial charge in [0, 0.05) is 6.04 Å². The van der Waals surface area contributed by atoms with Crippen LogP contribution in [0.2, 0.25) is 0 Å². The van der Waals surface area contributed by atoms with E-state index >= 15 is 0 Å². The second kappa shape index (κ2) is 2.31. The van der Waals surface area contributed by atoms with Gasteiger partial charge in [-0.25, -0.2) is 0 Å². The van der Waals surface area contributed by atoms with Crippen molar-refractivity contribution in [3.05, 3.63) is 6.42 Å². The monoisotopic (exact) mass is 97.1 g/mol. The van der Waals surface area contributed by atoms with Crippen molar-refractivity contribution in [3.63, 3.8) is 0 Å². The average Bonchev–Trinajstić information content (AvgIpc) is 1.69. The zero-order valence-corrected chi connectivity index (χ0v) is 4.48. The van der Waals surface area contributed by atoms with E-state index in [-0.39, 0.29) is 6.04 Å². The Morgan fingerprint density at radius 1 is 1.29 bits per heavy atom. The molecule has 1 rings (SSSR count). The van der Waals surface area contributed by atoms with E-state index in [1.165, 1.54) is 12.8 Å². The fourth-order valence-electron chi connectivity index (χ4n) is 0.927. The molecule has 0 atom stereocenters. The minimum atomic E-state index is 0.255. The Kier molecular flexibility index (Phi) is 1.69. The Labute approximate surface area is 44.9 Å². The van der Waals surface area contributed by atoms with Gasteiger partial charge in [0.2, 0.25) is 0 Å². The lowest BCUT2D eigenvalue weighted by Crippen LogP contribution is -2.12. The van der Waals surface area contributed by atoms with Gasteiger partial charge in [0.15, 0.2) is 0 Å². The molecule has 1 aliphatic carbocycles. The Balaban J connectivity index is 2.12. The van der Waals surface area contributed by atoms with E-state index in [9.17, 15) is 0 Å². The van der Waals surface area contributed by atoms with Crippen molar-refractivity contribution in [2.45, 2.75) is 31.7 Å². The highest BCUT2D eigenvalue weighted by molar-refractivity contribution is 4.77. The molecular weight excluding hydrogens is 86.1 g/mol. The highest BCUT2D eigenvalue weighted by atomic mass is 14.6. The first-order valence-electron chi connectivity index (χ1n) is 2.92. The van der Waals surface area contributed by atoms with Gasteiger partial charge >= 0.3 is 0 Å². The van der Waals surface area contributed by atoms with Crippen LogP contribution >= 0.6 is 0 Å². The normalized spacial score (nSPS) is 25.3. The number of rotatable bonds is 0. The summed E-state index contributed by atoms with van der Waals surface area (Å²) in [5, 5.41) is 0. The van der Waals surface area contributed by atoms with Crippen molar-refractivity contribution in [2.75, 3.05) is 0 Å². The minimum absolute atomic E-state index is 0.255. The summed E-state index contributed by atoms with van der Waals surface area (Å²) in [4.78, 5) is 0. The third kappa shape index (κ3) is 1.48. The molecule has 1 N–H and O–H groups in total. The Morgan fingerprint density at radius 2 is 1.86 bits per heavy atom. The molecule has 1 saturated carbocycles. The van der Waals surface area contributed by atoms with E-state index in [1.54, 1.807) is 0 Å². The first kappa shape index (κ1) is 5.10. The van der Waals surface area contributed by atoms with Crippen LogP contribution in [0, 0.1) is 6.42 Å². The summed E-state index contributed by atoms with van der Waals surface area (Å²) in [6.07, 6.45) is 6.83. The van der Waals surface area contributed by atoms with Crippen LogP contribution in [0.4, 0.5) is 0 Å². The Morgan fingerprint density at radius 3 is 2.14 bits per heavy atom. The number of hydrogen-bond donors (Lipinski definition) is 0. The fourth-order valence-corrected chi connectivity index (χ4v) is 0.927. The van der Waals surface area contributed by atoms with E-state index in [2.05, 4.69) is 6.42 Å². The van der Waals surface area contributed by atoms with E-state index in [4.69, 9.17) is 5.73 Å². The molecule has 2 radical (unpaired) electrons. The molecule has 0 bridgehead atoms. The maximum Gasteiger partial charge on any atom is 0.0213 e. The van der Waals surface area contributed by atoms with Crippen molar-refractivity contribution < 1.29 is 0 Å². The second-order valence-corrected chi connectivity index (χ2v) is 2.14. The maximum atomic E-state index is 7.25. The molecule has 0 heterocycles. The predicted octanol–water partition coefficient (Wildman–Crippen LogP) is 1.42. The molecule has 40 valence electrons. The van der Waals surface area contributed by atoms with Gasteiger partial charge in [-0.2, -0.15) is 0 Å². The van der Waals surface area contributed by atoms with E-state index in [0.717, 1.165) is 12.8 Å². The smallest absolute Gasteiger partial charge is 0.0213 e. The molecule has 0 amide bonds. The molecule has 0 aliphatic heterocycles. The Bertz CT molecular complexity index is 46.1. The van der Waals surface area contributed by atoms with Crippen molar-refractivity contribution in [1.82, 2.24) is 5.73 Å². The molecule has 0 unspecified atom stereocenters. The summed E-state index contributed by atoms with van der Waals surface area (Å²) >= 11 is 0. The van der Waals surface area contributed by atoms with Crippen LogP contribution in [0.25, 0.3) is 0 Å². The quantitative estimate of drug-likeness (QED) is 0.436. The summed E-state index contributed by atoms with van der Waals surface area (Å²) in [5.41, 5.74) is 7.25. The van der Waals surface area contributed by atoms with Gasteiger partial charge in [0.25, 0.3) is 0 Å². The lowest BCUT2D eigenvalue weighted by molar-refractivity contribution is 0.495. The molecule has 0 saturated heterocycles. The molecule has 7 heavy (non-hydrogen) atoms. The Hall–Kier alpha value is -0.0400. The highest BCUT2D eigenvalue weighted by Crippen LogP contribution is 2.14. The van der Waals surface area contributed by atoms with Crippen molar-refractivity contribution in [3.8, 4) is 0 Å². The van der Waals surface area contributed by atoms with Crippen LogP contribution in [-0.4, -0.2) is 6.04 Å². The molecular formula is C6H11N. The topological polar surface area (TPSA) is 23.8 Å². The maximum absolute atomic E-state index is 7.25. The lowest BCUT2D eigenvalue weighted by Gasteiger charge is -2.14. The van der Waals surface area contributed by atoms with Crippen molar-refractivity contribution in [1.29, 1.82) is 0 Å². The largest absolute Gasteiger partial charge is 0.255 e. The number of nitrogens with one attached hydrogen (secondary N) is 1. The van der Waals surface area contributed by atoms with Crippen LogP contribution in [0.15, 0.2) is 0 Å². The standard InChI is InChI=1S/C6H11N/c7-6-4-2-1-3-5-6/h1,6-7H,2-5H2. The molecule has 1 heteroatoms. The SMILES string of the molecule is [NH]C1CC[CH]CC1. The van der Waals surface area contributed by atoms with Gasteiger partial charge in [-0.1, -0.05) is 0 Å². The minimum Gasteiger partial charge on any atom is -0.255 e. The van der Waals surface area contributed by atoms with Crippen molar-refractivity contribution >= 4 is 0 Å². The van der Waals surface area contributed by atoms with Crippen LogP contribution in [0.3, 0.4) is 0 Å². The third-order valence-corrected chi connectivity index (χ3v) is 1.44. The third-order valence-electron chi connectivity index (χ3n) is 1.44. The van der Waals surface area contributed by atoms with E-state index < -0.39 is 0 Å². The zero-order chi connectivity index (χ0) is 5.11. The summed E-state index contributed by atoms with van der Waals surface area (Å²) in [6, 6.07) is 0.255. The molecule has 1 fully saturated rings. The summed E-state index contributed by atoms with van der Waals surface area (Å²) in [6.45, 7) is 0. The van der Waals surface area contributed by atoms with Crippen LogP contribution in [-0.2, 0) is 0 Å². The van der Waals surface area contributed by atoms with Gasteiger partial charge in [-0.15, -0.1) is 0 Å². The summed E-state index contributed by atoms with van der Waals surface area (Å²) in [7, 11) is 0. The highest BCUT2D eigenvalue weighted by Gasteiger charge is 2.07. The molecule has 0 aromatic rings. The molecule has 0 aromatic heterocycles. The van der Waals surface area contributed by atoms with Crippen molar-refractivity contribution in [2.24, 2.45) is 0 Å². The fraction of sp³-hybridized carbons (Fsp3) is 0.833. The average molecular weight is 97.2 g/mol. The first-order valence-corrected chi connectivity index (χ1v) is 2.92. The second-order valence-electron chi connectivity index (χ2n) is 2.14. The van der Waals surface area contributed by atoms with Crippen LogP contribution in [0.1, 0.15) is 25.7 Å². The van der Waals surface area contributed by atoms with E-state index in [0.29, 0.717) is 0 Å². The van der Waals surface area contributed by atoms with Gasteiger partial charge in [0.05, 0.1) is 0 Å². The zero-order valence-electron chi connectivity index (χ0n) is 4.48. The predicted molar refractivity (Wildman–Crippen MR) is 29.7 cm³/mol. The molecule has 1 nitrogen and oxygen atoms in total. The van der Waals surface area contributed by atoms with Crippen LogP contribution in [0.5, 0.6) is 0 Å². The van der Waals surface area contributed by atoms with Gasteiger partial charge in [-0.05, 0) is 32.1 Å². The lowest BCUT2D eigenvalue weighted by atomic mass is 9.97. The summed E-state index contributed by atoms with van der Waals surface area (Å²) in [5.74, 6) is 0. The number of hydrogen-bond acceptors (Lipinski definition) is 0. The first-order chi connectivity index (χ1) is 3.39. The van der Waals surface area contributed by atoms with Gasteiger partial charge in [0.1, 0.15) is 0 Å². The van der Waals surface area contributed by atoms with Gasteiger partial charge in [-0.3, -0.25) is 5.73 Å². The van der Waals surface area contributed by atoms with E-state index in [1.807, 2.05) is 0 Å². The molecule has 0 aromatic carbocycles. The van der Waals surface area contributed by atoms with Gasteiger partial charge < -0.3 is 0 Å². The van der Waals surface area contributed by atoms with Crippen LogP contribution < -0.4 is 5.73 Å².